The highest BCUT2D eigenvalue weighted by molar-refractivity contribution is 6.31. The Labute approximate surface area is 208 Å². The minimum absolute atomic E-state index is 0.158. The Balaban J connectivity index is 1.89. The van der Waals surface area contributed by atoms with Crippen molar-refractivity contribution < 1.29 is 28.2 Å². The van der Waals surface area contributed by atoms with E-state index in [1.54, 1.807) is 42.5 Å². The van der Waals surface area contributed by atoms with Crippen LogP contribution in [0.5, 0.6) is 11.5 Å². The fraction of sp³-hybridized carbons (Fsp3) is 0.259. The van der Waals surface area contributed by atoms with Gasteiger partial charge in [-0.1, -0.05) is 48.0 Å². The summed E-state index contributed by atoms with van der Waals surface area (Å²) in [6.07, 6.45) is -0.713. The molecule has 1 aliphatic rings. The highest BCUT2D eigenvalue weighted by atomic mass is 35.5. The quantitative estimate of drug-likeness (QED) is 0.434. The largest absolute Gasteiger partial charge is 0.493 e. The molecule has 1 amide bonds. The molecule has 2 atom stereocenters. The van der Waals surface area contributed by atoms with Crippen LogP contribution >= 0.6 is 11.6 Å². The summed E-state index contributed by atoms with van der Waals surface area (Å²) < 4.78 is 31.7. The van der Waals surface area contributed by atoms with Crippen molar-refractivity contribution in [1.82, 2.24) is 4.90 Å². The highest BCUT2D eigenvalue weighted by Gasteiger charge is 2.40. The van der Waals surface area contributed by atoms with Gasteiger partial charge in [0.15, 0.2) is 11.5 Å². The lowest BCUT2D eigenvalue weighted by molar-refractivity contribution is -0.160. The fourth-order valence-corrected chi connectivity index (χ4v) is 4.74. The van der Waals surface area contributed by atoms with E-state index in [0.29, 0.717) is 29.0 Å². The number of halogens is 2. The van der Waals surface area contributed by atoms with Crippen molar-refractivity contribution in [1.29, 1.82) is 0 Å². The van der Waals surface area contributed by atoms with E-state index in [1.807, 2.05) is 6.07 Å². The van der Waals surface area contributed by atoms with Crippen LogP contribution in [0.4, 0.5) is 4.39 Å². The van der Waals surface area contributed by atoms with Crippen molar-refractivity contribution in [3.63, 3.8) is 0 Å². The Morgan fingerprint density at radius 3 is 2.34 bits per heavy atom. The van der Waals surface area contributed by atoms with Crippen molar-refractivity contribution in [2.75, 3.05) is 20.8 Å². The second-order valence-electron chi connectivity index (χ2n) is 8.13. The van der Waals surface area contributed by atoms with Gasteiger partial charge in [0.05, 0.1) is 20.3 Å². The van der Waals surface area contributed by atoms with Crippen LogP contribution in [0.3, 0.4) is 0 Å². The molecule has 8 heteroatoms. The van der Waals surface area contributed by atoms with Gasteiger partial charge in [0.1, 0.15) is 5.82 Å². The lowest BCUT2D eigenvalue weighted by Gasteiger charge is -2.40. The Hall–Kier alpha value is -3.58. The molecular weight excluding hydrogens is 473 g/mol. The van der Waals surface area contributed by atoms with E-state index >= 15 is 4.39 Å². The minimum Gasteiger partial charge on any atom is -0.493 e. The van der Waals surface area contributed by atoms with Crippen LogP contribution < -0.4 is 9.47 Å². The molecule has 0 saturated carbocycles. The van der Waals surface area contributed by atoms with E-state index < -0.39 is 29.8 Å². The molecule has 4 rings (SSSR count). The highest BCUT2D eigenvalue weighted by Crippen LogP contribution is 2.44. The number of hydrogen-bond donors (Lipinski definition) is 0. The van der Waals surface area contributed by atoms with Crippen LogP contribution in [0.2, 0.25) is 5.02 Å². The summed E-state index contributed by atoms with van der Waals surface area (Å²) in [6, 6.07) is 15.8. The van der Waals surface area contributed by atoms with Crippen LogP contribution in [0.1, 0.15) is 41.3 Å². The average Bonchev–Trinajstić information content (AvgIpc) is 2.86. The Morgan fingerprint density at radius 1 is 1.03 bits per heavy atom. The number of nitrogens with zero attached hydrogens (tertiary/aromatic N) is 1. The maximum atomic E-state index is 15.3. The first kappa shape index (κ1) is 24.5. The summed E-state index contributed by atoms with van der Waals surface area (Å²) in [4.78, 5) is 27.4. The van der Waals surface area contributed by atoms with E-state index in [-0.39, 0.29) is 17.1 Å². The van der Waals surface area contributed by atoms with Crippen molar-refractivity contribution in [2.24, 2.45) is 0 Å². The van der Waals surface area contributed by atoms with Crippen LogP contribution in [-0.2, 0) is 20.7 Å². The molecule has 0 bridgehead atoms. The van der Waals surface area contributed by atoms with E-state index in [9.17, 15) is 9.59 Å². The smallest absolute Gasteiger partial charge is 0.303 e. The van der Waals surface area contributed by atoms with Gasteiger partial charge in [-0.15, -0.1) is 0 Å². The maximum Gasteiger partial charge on any atom is 0.303 e. The summed E-state index contributed by atoms with van der Waals surface area (Å²) in [5.74, 6) is -0.650. The van der Waals surface area contributed by atoms with Crippen LogP contribution in [0, 0.1) is 5.82 Å². The van der Waals surface area contributed by atoms with Crippen LogP contribution in [-0.4, -0.2) is 37.5 Å². The summed E-state index contributed by atoms with van der Waals surface area (Å²) in [5, 5.41) is 0.180. The zero-order valence-corrected chi connectivity index (χ0v) is 20.3. The van der Waals surface area contributed by atoms with Gasteiger partial charge < -0.3 is 19.1 Å². The lowest BCUT2D eigenvalue weighted by Crippen LogP contribution is -2.44. The third-order valence-corrected chi connectivity index (χ3v) is 6.37. The van der Waals surface area contributed by atoms with Crippen LogP contribution in [0.15, 0.2) is 60.7 Å². The molecule has 0 spiro atoms. The second-order valence-corrected chi connectivity index (χ2v) is 8.53. The summed E-state index contributed by atoms with van der Waals surface area (Å²) in [5.41, 5.74) is 2.21. The molecule has 3 aromatic rings. The van der Waals surface area contributed by atoms with Gasteiger partial charge in [-0.05, 0) is 41.8 Å². The fourth-order valence-electron chi connectivity index (χ4n) is 4.47. The molecule has 6 nitrogen and oxygen atoms in total. The maximum absolute atomic E-state index is 15.3. The number of methoxy groups -OCH3 is 2. The topological polar surface area (TPSA) is 65.1 Å². The summed E-state index contributed by atoms with van der Waals surface area (Å²) >= 11 is 6.49. The molecular formula is C27H25ClFNO5. The molecule has 1 heterocycles. The number of amides is 1. The van der Waals surface area contributed by atoms with E-state index in [0.717, 1.165) is 5.56 Å². The number of rotatable bonds is 6. The van der Waals surface area contributed by atoms with Gasteiger partial charge in [0.25, 0.3) is 5.91 Å². The third kappa shape index (κ3) is 4.82. The number of carbonyl (C=O) groups excluding carboxylic acids is 2. The van der Waals surface area contributed by atoms with Crippen LogP contribution in [0.25, 0.3) is 0 Å². The predicted octanol–water partition coefficient (Wildman–Crippen LogP) is 5.27. The molecule has 0 fully saturated rings. The standard InChI is InChI=1S/C27H25ClFNO5/c1-16(31)35-26(17-8-5-4-6-9-17)27(32)30-13-12-18-14-22(33-2)23(34-3)15-19(18)25(30)24-20(28)10-7-11-21(24)29/h4-11,14-15,25-26H,12-13H2,1-3H3/t25-,26+/m1/s1. The molecule has 0 unspecified atom stereocenters. The molecule has 182 valence electrons. The molecule has 0 aliphatic carbocycles. The van der Waals surface area contributed by atoms with Gasteiger partial charge in [-0.2, -0.15) is 0 Å². The van der Waals surface area contributed by atoms with Crippen molar-refractivity contribution >= 4 is 23.5 Å². The number of hydrogen-bond acceptors (Lipinski definition) is 5. The van der Waals surface area contributed by atoms with E-state index in [1.165, 1.54) is 38.2 Å². The SMILES string of the molecule is COc1cc2c(cc1OC)[C@H](c1c(F)cccc1Cl)N(C(=O)[C@@H](OC(C)=O)c1ccccc1)CC2. The average molecular weight is 498 g/mol. The zero-order valence-electron chi connectivity index (χ0n) is 19.6. The number of fused-ring (bicyclic) bond motifs is 1. The monoisotopic (exact) mass is 497 g/mol. The lowest BCUT2D eigenvalue weighted by atomic mass is 9.86. The summed E-state index contributed by atoms with van der Waals surface area (Å²) in [7, 11) is 3.05. The second kappa shape index (κ2) is 10.4. The first-order valence-corrected chi connectivity index (χ1v) is 11.4. The molecule has 0 radical (unpaired) electrons. The molecule has 0 N–H and O–H groups in total. The molecule has 0 saturated heterocycles. The van der Waals surface area contributed by atoms with E-state index in [2.05, 4.69) is 0 Å². The van der Waals surface area contributed by atoms with Crippen molar-refractivity contribution in [3.8, 4) is 11.5 Å². The Kier molecular flexibility index (Phi) is 7.26. The molecule has 0 aromatic heterocycles. The number of ether oxygens (including phenoxy) is 3. The number of esters is 1. The minimum atomic E-state index is -1.19. The van der Waals surface area contributed by atoms with Gasteiger partial charge in [0.2, 0.25) is 6.10 Å². The van der Waals surface area contributed by atoms with Gasteiger partial charge >= 0.3 is 5.97 Å². The number of carbonyl (C=O) groups is 2. The van der Waals surface area contributed by atoms with E-state index in [4.69, 9.17) is 25.8 Å². The predicted molar refractivity (Wildman–Crippen MR) is 129 cm³/mol. The first-order chi connectivity index (χ1) is 16.8. The Bertz CT molecular complexity index is 1230. The third-order valence-electron chi connectivity index (χ3n) is 6.04. The zero-order chi connectivity index (χ0) is 25.1. The molecule has 35 heavy (non-hydrogen) atoms. The number of benzene rings is 3. The summed E-state index contributed by atoms with van der Waals surface area (Å²) in [6.45, 7) is 1.50. The normalized spacial score (nSPS) is 15.7. The Morgan fingerprint density at radius 2 is 1.71 bits per heavy atom. The van der Waals surface area contributed by atoms with Gasteiger partial charge in [-0.3, -0.25) is 9.59 Å². The van der Waals surface area contributed by atoms with Gasteiger partial charge in [0, 0.05) is 29.6 Å². The first-order valence-electron chi connectivity index (χ1n) is 11.1. The van der Waals surface area contributed by atoms with Crippen molar-refractivity contribution in [3.05, 3.63) is 93.8 Å². The molecule has 1 aliphatic heterocycles. The molecule has 3 aromatic carbocycles. The van der Waals surface area contributed by atoms with Gasteiger partial charge in [-0.25, -0.2) is 4.39 Å². The van der Waals surface area contributed by atoms with Crippen molar-refractivity contribution in [2.45, 2.75) is 25.5 Å².